The van der Waals surface area contributed by atoms with Gasteiger partial charge in [0.15, 0.2) is 0 Å². The van der Waals surface area contributed by atoms with Gasteiger partial charge in [0.1, 0.15) is 0 Å². The Labute approximate surface area is 89.0 Å². The minimum atomic E-state index is -0.590. The van der Waals surface area contributed by atoms with Crippen LogP contribution < -0.4 is 5.73 Å². The molecule has 0 aliphatic heterocycles. The first-order valence-electron chi connectivity index (χ1n) is 4.49. The van der Waals surface area contributed by atoms with Crippen molar-refractivity contribution < 1.29 is 5.11 Å². The van der Waals surface area contributed by atoms with E-state index in [0.717, 1.165) is 11.1 Å². The molecule has 2 nitrogen and oxygen atoms in total. The van der Waals surface area contributed by atoms with E-state index in [1.54, 1.807) is 12.1 Å². The quantitative estimate of drug-likeness (QED) is 0.803. The Kier molecular flexibility index (Phi) is 4.14. The molecule has 0 saturated carbocycles. The molecule has 0 aliphatic rings. The Bertz CT molecular complexity index is 325. The van der Waals surface area contributed by atoms with E-state index in [1.807, 2.05) is 12.1 Å². The summed E-state index contributed by atoms with van der Waals surface area (Å²) in [4.78, 5) is 0. The highest BCUT2D eigenvalue weighted by atomic mass is 35.5. The van der Waals surface area contributed by atoms with Crippen LogP contribution in [0.15, 0.2) is 24.8 Å². The van der Waals surface area contributed by atoms with Crippen molar-refractivity contribution in [2.24, 2.45) is 5.73 Å². The fourth-order valence-corrected chi connectivity index (χ4v) is 1.50. The van der Waals surface area contributed by atoms with Crippen LogP contribution in [-0.2, 0) is 0 Å². The topological polar surface area (TPSA) is 46.2 Å². The summed E-state index contributed by atoms with van der Waals surface area (Å²) in [6.45, 7) is 4.10. The Morgan fingerprint density at radius 2 is 2.29 bits per heavy atom. The van der Waals surface area contributed by atoms with Gasteiger partial charge in [-0.2, -0.15) is 0 Å². The molecule has 3 heteroatoms. The highest BCUT2D eigenvalue weighted by Gasteiger charge is 2.10. The zero-order valence-corrected chi connectivity index (χ0v) is 8.67. The van der Waals surface area contributed by atoms with Crippen LogP contribution in [0.4, 0.5) is 0 Å². The monoisotopic (exact) mass is 211 g/mol. The molecule has 0 saturated heterocycles. The summed E-state index contributed by atoms with van der Waals surface area (Å²) in [7, 11) is 0. The number of nitrogens with two attached hydrogens (primary N) is 1. The molecule has 1 unspecified atom stereocenters. The van der Waals surface area contributed by atoms with Crippen molar-refractivity contribution in [2.45, 2.75) is 12.5 Å². The normalized spacial score (nSPS) is 12.5. The van der Waals surface area contributed by atoms with Crippen LogP contribution in [0.1, 0.15) is 23.7 Å². The summed E-state index contributed by atoms with van der Waals surface area (Å²) in [5.74, 6) is 0. The van der Waals surface area contributed by atoms with E-state index in [4.69, 9.17) is 17.3 Å². The van der Waals surface area contributed by atoms with E-state index in [9.17, 15) is 5.11 Å². The van der Waals surface area contributed by atoms with Crippen LogP contribution in [0.25, 0.3) is 6.08 Å². The van der Waals surface area contributed by atoms with Gasteiger partial charge in [-0.1, -0.05) is 30.3 Å². The van der Waals surface area contributed by atoms with Crippen molar-refractivity contribution in [3.63, 3.8) is 0 Å². The number of rotatable bonds is 4. The number of halogens is 1. The van der Waals surface area contributed by atoms with Gasteiger partial charge in [-0.3, -0.25) is 0 Å². The summed E-state index contributed by atoms with van der Waals surface area (Å²) in [5.41, 5.74) is 7.03. The first-order valence-corrected chi connectivity index (χ1v) is 4.87. The average molecular weight is 212 g/mol. The summed E-state index contributed by atoms with van der Waals surface area (Å²) in [6, 6.07) is 5.44. The highest BCUT2D eigenvalue weighted by molar-refractivity contribution is 6.31. The van der Waals surface area contributed by atoms with Crippen molar-refractivity contribution in [2.75, 3.05) is 6.54 Å². The van der Waals surface area contributed by atoms with Crippen LogP contribution in [0.3, 0.4) is 0 Å². The summed E-state index contributed by atoms with van der Waals surface area (Å²) in [5, 5.41) is 10.3. The van der Waals surface area contributed by atoms with Gasteiger partial charge < -0.3 is 10.8 Å². The SMILES string of the molecule is C=Cc1ccc(Cl)c(C(O)CCN)c1. The van der Waals surface area contributed by atoms with Gasteiger partial charge in [-0.25, -0.2) is 0 Å². The minimum absolute atomic E-state index is 0.440. The maximum absolute atomic E-state index is 9.72. The lowest BCUT2D eigenvalue weighted by Crippen LogP contribution is -2.07. The Morgan fingerprint density at radius 1 is 1.57 bits per heavy atom. The van der Waals surface area contributed by atoms with E-state index < -0.39 is 6.10 Å². The van der Waals surface area contributed by atoms with Gasteiger partial charge in [0.05, 0.1) is 6.10 Å². The van der Waals surface area contributed by atoms with Crippen molar-refractivity contribution in [1.29, 1.82) is 0 Å². The summed E-state index contributed by atoms with van der Waals surface area (Å²) >= 11 is 5.95. The molecule has 0 heterocycles. The van der Waals surface area contributed by atoms with Crippen LogP contribution >= 0.6 is 11.6 Å². The fourth-order valence-electron chi connectivity index (χ4n) is 1.26. The third-order valence-electron chi connectivity index (χ3n) is 2.05. The molecule has 14 heavy (non-hydrogen) atoms. The van der Waals surface area contributed by atoms with Gasteiger partial charge in [0.2, 0.25) is 0 Å². The van der Waals surface area contributed by atoms with Crippen molar-refractivity contribution in [1.82, 2.24) is 0 Å². The number of aliphatic hydroxyl groups excluding tert-OH is 1. The first-order chi connectivity index (χ1) is 6.69. The molecule has 1 aromatic carbocycles. The smallest absolute Gasteiger partial charge is 0.0816 e. The molecular weight excluding hydrogens is 198 g/mol. The summed E-state index contributed by atoms with van der Waals surface area (Å²) in [6.07, 6.45) is 1.64. The van der Waals surface area contributed by atoms with Gasteiger partial charge in [0, 0.05) is 5.02 Å². The van der Waals surface area contributed by atoms with Crippen molar-refractivity contribution >= 4 is 17.7 Å². The number of aliphatic hydroxyl groups is 1. The zero-order chi connectivity index (χ0) is 10.6. The minimum Gasteiger partial charge on any atom is -0.388 e. The molecule has 76 valence electrons. The molecule has 0 fully saturated rings. The largest absolute Gasteiger partial charge is 0.388 e. The molecule has 1 aromatic rings. The molecule has 0 aromatic heterocycles. The lowest BCUT2D eigenvalue weighted by molar-refractivity contribution is 0.170. The van der Waals surface area contributed by atoms with Crippen LogP contribution in [0.2, 0.25) is 5.02 Å². The number of hydrogen-bond donors (Lipinski definition) is 2. The predicted octanol–water partition coefficient (Wildman–Crippen LogP) is 2.37. The molecule has 3 N–H and O–H groups in total. The molecular formula is C11H14ClNO. The van der Waals surface area contributed by atoms with Gasteiger partial charge in [-0.05, 0) is 36.2 Å². The predicted molar refractivity (Wildman–Crippen MR) is 60.2 cm³/mol. The standard InChI is InChI=1S/C11H14ClNO/c1-2-8-3-4-10(12)9(7-8)11(14)5-6-13/h2-4,7,11,14H,1,5-6,13H2. The molecule has 0 bridgehead atoms. The van der Waals surface area contributed by atoms with Crippen molar-refractivity contribution in [3.05, 3.63) is 40.9 Å². The second-order valence-electron chi connectivity index (χ2n) is 3.08. The Balaban J connectivity index is 2.99. The summed E-state index contributed by atoms with van der Waals surface area (Å²) < 4.78 is 0. The molecule has 1 rings (SSSR count). The molecule has 0 aliphatic carbocycles. The van der Waals surface area contributed by atoms with E-state index in [1.165, 1.54) is 0 Å². The van der Waals surface area contributed by atoms with Gasteiger partial charge >= 0.3 is 0 Å². The first kappa shape index (κ1) is 11.2. The number of hydrogen-bond acceptors (Lipinski definition) is 2. The van der Waals surface area contributed by atoms with Crippen LogP contribution in [-0.4, -0.2) is 11.7 Å². The fraction of sp³-hybridized carbons (Fsp3) is 0.273. The highest BCUT2D eigenvalue weighted by Crippen LogP contribution is 2.26. The van der Waals surface area contributed by atoms with E-state index in [2.05, 4.69) is 6.58 Å². The third kappa shape index (κ3) is 2.58. The molecule has 0 amide bonds. The van der Waals surface area contributed by atoms with E-state index in [-0.39, 0.29) is 0 Å². The lowest BCUT2D eigenvalue weighted by atomic mass is 10.0. The maximum atomic E-state index is 9.72. The zero-order valence-electron chi connectivity index (χ0n) is 7.91. The molecule has 0 spiro atoms. The second kappa shape index (κ2) is 5.15. The Hall–Kier alpha value is -0.830. The molecule has 0 radical (unpaired) electrons. The van der Waals surface area contributed by atoms with Crippen molar-refractivity contribution in [3.8, 4) is 0 Å². The van der Waals surface area contributed by atoms with Crippen LogP contribution in [0.5, 0.6) is 0 Å². The second-order valence-corrected chi connectivity index (χ2v) is 3.49. The third-order valence-corrected chi connectivity index (χ3v) is 2.40. The maximum Gasteiger partial charge on any atom is 0.0816 e. The van der Waals surface area contributed by atoms with Crippen LogP contribution in [0, 0.1) is 0 Å². The average Bonchev–Trinajstić information content (AvgIpc) is 2.19. The Morgan fingerprint density at radius 3 is 2.86 bits per heavy atom. The van der Waals surface area contributed by atoms with Gasteiger partial charge in [0.25, 0.3) is 0 Å². The van der Waals surface area contributed by atoms with E-state index >= 15 is 0 Å². The lowest BCUT2D eigenvalue weighted by Gasteiger charge is -2.12. The van der Waals surface area contributed by atoms with E-state index in [0.29, 0.717) is 18.0 Å². The molecule has 1 atom stereocenters. The van der Waals surface area contributed by atoms with Gasteiger partial charge in [-0.15, -0.1) is 0 Å². The number of benzene rings is 1.